The van der Waals surface area contributed by atoms with Crippen LogP contribution in [-0.2, 0) is 0 Å². The van der Waals surface area contributed by atoms with Crippen molar-refractivity contribution in [1.82, 2.24) is 0 Å². The Balaban J connectivity index is 2.35. The third kappa shape index (κ3) is 2.46. The molecule has 0 spiro atoms. The summed E-state index contributed by atoms with van der Waals surface area (Å²) in [4.78, 5) is 11.9. The second-order valence-corrected chi connectivity index (χ2v) is 3.98. The van der Waals surface area contributed by atoms with Gasteiger partial charge in [-0.2, -0.15) is 0 Å². The molecule has 2 rings (SSSR count). The van der Waals surface area contributed by atoms with Gasteiger partial charge in [0.2, 0.25) is 0 Å². The molecule has 104 valence electrons. The van der Waals surface area contributed by atoms with Crippen LogP contribution in [0.15, 0.2) is 30.3 Å². The molecule has 2 aromatic rings. The third-order valence-electron chi connectivity index (χ3n) is 2.59. The molecule has 2 aromatic carbocycles. The molecule has 5 nitrogen and oxygen atoms in total. The molecule has 0 aliphatic rings. The van der Waals surface area contributed by atoms with E-state index in [1.54, 1.807) is 0 Å². The largest absolute Gasteiger partial charge is 0.508 e. The van der Waals surface area contributed by atoms with E-state index in [1.807, 2.05) is 0 Å². The number of nitrogen functional groups attached to an aromatic ring is 1. The lowest BCUT2D eigenvalue weighted by molar-refractivity contribution is 0.102. The molecule has 0 saturated heterocycles. The van der Waals surface area contributed by atoms with Gasteiger partial charge in [0, 0.05) is 6.07 Å². The second kappa shape index (κ2) is 5.04. The van der Waals surface area contributed by atoms with Crippen molar-refractivity contribution >= 4 is 17.3 Å². The number of phenols is 2. The van der Waals surface area contributed by atoms with Gasteiger partial charge in [-0.25, -0.2) is 8.78 Å². The summed E-state index contributed by atoms with van der Waals surface area (Å²) < 4.78 is 26.6. The molecule has 0 bridgehead atoms. The van der Waals surface area contributed by atoms with Gasteiger partial charge in [-0.3, -0.25) is 4.79 Å². The lowest BCUT2D eigenvalue weighted by atomic mass is 10.1. The lowest BCUT2D eigenvalue weighted by Crippen LogP contribution is -2.15. The van der Waals surface area contributed by atoms with Crippen LogP contribution in [0.25, 0.3) is 0 Å². The van der Waals surface area contributed by atoms with Gasteiger partial charge in [0.1, 0.15) is 17.2 Å². The quantitative estimate of drug-likeness (QED) is 0.634. The Kier molecular flexibility index (Phi) is 3.43. The Hall–Kier alpha value is -2.83. The predicted octanol–water partition coefficient (Wildman–Crippen LogP) is 2.21. The summed E-state index contributed by atoms with van der Waals surface area (Å²) in [6, 6.07) is 5.18. The van der Waals surface area contributed by atoms with E-state index in [2.05, 4.69) is 5.32 Å². The number of carbonyl (C=O) groups is 1. The molecule has 1 amide bonds. The van der Waals surface area contributed by atoms with Crippen LogP contribution in [-0.4, -0.2) is 16.1 Å². The molecular weight excluding hydrogens is 270 g/mol. The van der Waals surface area contributed by atoms with Crippen molar-refractivity contribution in [1.29, 1.82) is 0 Å². The first-order valence-corrected chi connectivity index (χ1v) is 5.47. The topological polar surface area (TPSA) is 95.6 Å². The summed E-state index contributed by atoms with van der Waals surface area (Å²) in [5, 5.41) is 20.7. The number of benzene rings is 2. The maximum atomic E-state index is 13.5. The number of rotatable bonds is 2. The number of carbonyl (C=O) groups excluding carboxylic acids is 1. The smallest absolute Gasteiger partial charge is 0.259 e. The van der Waals surface area contributed by atoms with Crippen molar-refractivity contribution in [2.75, 3.05) is 11.1 Å². The lowest BCUT2D eigenvalue weighted by Gasteiger charge is -2.10. The number of nitrogens with two attached hydrogens (primary N) is 1. The van der Waals surface area contributed by atoms with Crippen LogP contribution in [0.2, 0.25) is 0 Å². The highest BCUT2D eigenvalue weighted by Gasteiger charge is 2.17. The number of phenolic OH excluding ortho intramolecular Hbond substituents is 2. The zero-order valence-corrected chi connectivity index (χ0v) is 10.0. The average molecular weight is 280 g/mol. The van der Waals surface area contributed by atoms with E-state index in [4.69, 9.17) is 10.8 Å². The second-order valence-electron chi connectivity index (χ2n) is 3.98. The van der Waals surface area contributed by atoms with Gasteiger partial charge in [-0.05, 0) is 24.3 Å². The highest BCUT2D eigenvalue weighted by Crippen LogP contribution is 2.27. The number of amides is 1. The molecule has 0 fully saturated rings. The Bertz CT molecular complexity index is 690. The van der Waals surface area contributed by atoms with Crippen LogP contribution in [0, 0.1) is 11.6 Å². The van der Waals surface area contributed by atoms with Crippen molar-refractivity contribution in [2.24, 2.45) is 0 Å². The number of hydrogen-bond donors (Lipinski definition) is 4. The van der Waals surface area contributed by atoms with E-state index < -0.39 is 29.0 Å². The van der Waals surface area contributed by atoms with Gasteiger partial charge in [0.25, 0.3) is 5.91 Å². The van der Waals surface area contributed by atoms with Crippen LogP contribution < -0.4 is 11.1 Å². The number of halogens is 2. The van der Waals surface area contributed by atoms with E-state index >= 15 is 0 Å². The monoisotopic (exact) mass is 280 g/mol. The predicted molar refractivity (Wildman–Crippen MR) is 68.5 cm³/mol. The summed E-state index contributed by atoms with van der Waals surface area (Å²) in [6.07, 6.45) is 0. The first-order valence-electron chi connectivity index (χ1n) is 5.47. The average Bonchev–Trinajstić information content (AvgIpc) is 2.39. The number of anilines is 2. The highest BCUT2D eigenvalue weighted by atomic mass is 19.2. The molecule has 7 heteroatoms. The van der Waals surface area contributed by atoms with E-state index in [0.717, 1.165) is 24.3 Å². The minimum absolute atomic E-state index is 0.157. The van der Waals surface area contributed by atoms with Crippen LogP contribution >= 0.6 is 0 Å². The van der Waals surface area contributed by atoms with Crippen molar-refractivity contribution in [3.63, 3.8) is 0 Å². The zero-order valence-electron chi connectivity index (χ0n) is 10.0. The van der Waals surface area contributed by atoms with Crippen LogP contribution in [0.3, 0.4) is 0 Å². The van der Waals surface area contributed by atoms with Crippen molar-refractivity contribution in [3.8, 4) is 11.5 Å². The van der Waals surface area contributed by atoms with Gasteiger partial charge >= 0.3 is 0 Å². The van der Waals surface area contributed by atoms with Gasteiger partial charge < -0.3 is 21.3 Å². The normalized spacial score (nSPS) is 10.3. The summed E-state index contributed by atoms with van der Waals surface area (Å²) in [7, 11) is 0. The Labute approximate surface area is 112 Å². The van der Waals surface area contributed by atoms with E-state index in [1.165, 1.54) is 6.07 Å². The fourth-order valence-electron chi connectivity index (χ4n) is 1.59. The maximum absolute atomic E-state index is 13.5. The summed E-state index contributed by atoms with van der Waals surface area (Å²) in [6.45, 7) is 0. The molecule has 0 unspecified atom stereocenters. The van der Waals surface area contributed by atoms with Crippen LogP contribution in [0.4, 0.5) is 20.2 Å². The van der Waals surface area contributed by atoms with Gasteiger partial charge in [-0.1, -0.05) is 0 Å². The van der Waals surface area contributed by atoms with Crippen LogP contribution in [0.5, 0.6) is 11.5 Å². The summed E-state index contributed by atoms with van der Waals surface area (Å²) in [5.74, 6) is -4.09. The molecule has 0 radical (unpaired) electrons. The molecule has 0 saturated carbocycles. The molecule has 5 N–H and O–H groups in total. The van der Waals surface area contributed by atoms with E-state index in [9.17, 15) is 18.7 Å². The number of hydrogen-bond acceptors (Lipinski definition) is 4. The first kappa shape index (κ1) is 13.6. The minimum Gasteiger partial charge on any atom is -0.508 e. The Morgan fingerprint density at radius 1 is 1.15 bits per heavy atom. The Morgan fingerprint density at radius 3 is 2.50 bits per heavy atom. The molecule has 0 heterocycles. The Morgan fingerprint density at radius 2 is 1.85 bits per heavy atom. The van der Waals surface area contributed by atoms with Gasteiger partial charge in [0.15, 0.2) is 11.6 Å². The summed E-state index contributed by atoms with van der Waals surface area (Å²) in [5.41, 5.74) is 4.57. The van der Waals surface area contributed by atoms with Gasteiger partial charge in [0.05, 0.1) is 11.3 Å². The molecule has 0 aromatic heterocycles. The number of nitrogens with one attached hydrogen (secondary N) is 1. The molecule has 0 aliphatic carbocycles. The fraction of sp³-hybridized carbons (Fsp3) is 0. The van der Waals surface area contributed by atoms with Crippen molar-refractivity contribution in [2.45, 2.75) is 0 Å². The standard InChI is InChI=1S/C13H10F2N2O3/c14-8-3-4-9(16)12(11(8)15)17-13(20)7-2-1-6(18)5-10(7)19/h1-5,18-19H,16H2,(H,17,20). The van der Waals surface area contributed by atoms with Crippen molar-refractivity contribution in [3.05, 3.63) is 47.5 Å². The molecule has 0 aliphatic heterocycles. The number of aromatic hydroxyl groups is 2. The molecule has 0 atom stereocenters. The fourth-order valence-corrected chi connectivity index (χ4v) is 1.59. The highest BCUT2D eigenvalue weighted by molar-refractivity contribution is 6.07. The SMILES string of the molecule is Nc1ccc(F)c(F)c1NC(=O)c1ccc(O)cc1O. The minimum atomic E-state index is -1.29. The third-order valence-corrected chi connectivity index (χ3v) is 2.59. The van der Waals surface area contributed by atoms with E-state index in [-0.39, 0.29) is 17.0 Å². The summed E-state index contributed by atoms with van der Waals surface area (Å²) >= 11 is 0. The van der Waals surface area contributed by atoms with Crippen molar-refractivity contribution < 1.29 is 23.8 Å². The molecular formula is C13H10F2N2O3. The maximum Gasteiger partial charge on any atom is 0.259 e. The van der Waals surface area contributed by atoms with Gasteiger partial charge in [-0.15, -0.1) is 0 Å². The van der Waals surface area contributed by atoms with E-state index in [0.29, 0.717) is 0 Å². The first-order chi connectivity index (χ1) is 9.40. The molecule has 20 heavy (non-hydrogen) atoms. The van der Waals surface area contributed by atoms with Crippen LogP contribution in [0.1, 0.15) is 10.4 Å². The zero-order chi connectivity index (χ0) is 14.9.